The Hall–Kier alpha value is -1.39. The lowest BCUT2D eigenvalue weighted by molar-refractivity contribution is -0.219. The van der Waals surface area contributed by atoms with Crippen molar-refractivity contribution < 1.29 is 14.6 Å². The molecule has 0 aliphatic carbocycles. The molecule has 0 spiro atoms. The van der Waals surface area contributed by atoms with Crippen LogP contribution in [0.1, 0.15) is 63.7 Å². The first-order valence-corrected chi connectivity index (χ1v) is 12.0. The number of hydrogen-bond acceptors (Lipinski definition) is 3. The van der Waals surface area contributed by atoms with Crippen LogP contribution in [0.4, 0.5) is 0 Å². The molecule has 0 N–H and O–H groups in total. The van der Waals surface area contributed by atoms with Gasteiger partial charge in [0, 0.05) is 0 Å². The molecule has 0 aromatic heterocycles. The molecule has 0 aliphatic heterocycles. The van der Waals surface area contributed by atoms with Gasteiger partial charge in [-0.05, 0) is 24.5 Å². The SMILES string of the molecule is C=C[Si](CC)(CC)c1ccc(C(=O)OO[CH]C(CC)CCCC)cc1. The molecule has 0 saturated heterocycles. The molecule has 4 heteroatoms. The fourth-order valence-corrected chi connectivity index (χ4v) is 6.00. The summed E-state index contributed by atoms with van der Waals surface area (Å²) in [6.45, 7) is 14.4. The van der Waals surface area contributed by atoms with Crippen LogP contribution in [0.5, 0.6) is 0 Å². The van der Waals surface area contributed by atoms with E-state index in [0.717, 1.165) is 37.8 Å². The number of carbonyl (C=O) groups is 1. The molecule has 1 unspecified atom stereocenters. The molecule has 0 amide bonds. The summed E-state index contributed by atoms with van der Waals surface area (Å²) in [5.74, 6) is -0.129. The summed E-state index contributed by atoms with van der Waals surface area (Å²) in [6, 6.07) is 9.96. The van der Waals surface area contributed by atoms with Gasteiger partial charge in [-0.2, -0.15) is 4.89 Å². The quantitative estimate of drug-likeness (QED) is 0.277. The Bertz CT molecular complexity index is 520. The van der Waals surface area contributed by atoms with Crippen LogP contribution in [-0.2, 0) is 9.78 Å². The highest BCUT2D eigenvalue weighted by molar-refractivity contribution is 6.95. The van der Waals surface area contributed by atoms with Gasteiger partial charge < -0.3 is 0 Å². The van der Waals surface area contributed by atoms with Gasteiger partial charge in [-0.3, -0.25) is 4.89 Å². The van der Waals surface area contributed by atoms with Crippen molar-refractivity contribution in [3.63, 3.8) is 0 Å². The van der Waals surface area contributed by atoms with Crippen LogP contribution in [0, 0.1) is 12.5 Å². The first-order valence-electron chi connectivity index (χ1n) is 9.51. The molecule has 0 saturated carbocycles. The van der Waals surface area contributed by atoms with Gasteiger partial charge in [0.25, 0.3) is 0 Å². The molecular formula is C21H33O3Si. The van der Waals surface area contributed by atoms with Crippen molar-refractivity contribution in [1.29, 1.82) is 0 Å². The van der Waals surface area contributed by atoms with Crippen LogP contribution in [0.3, 0.4) is 0 Å². The van der Waals surface area contributed by atoms with Crippen molar-refractivity contribution in [3.05, 3.63) is 48.7 Å². The molecule has 1 aromatic carbocycles. The van der Waals surface area contributed by atoms with Gasteiger partial charge in [0.15, 0.2) is 0 Å². The second-order valence-electron chi connectivity index (χ2n) is 6.56. The van der Waals surface area contributed by atoms with Crippen molar-refractivity contribution in [1.82, 2.24) is 0 Å². The zero-order valence-electron chi connectivity index (χ0n) is 16.2. The van der Waals surface area contributed by atoms with E-state index >= 15 is 0 Å². The predicted octanol–water partition coefficient (Wildman–Crippen LogP) is 5.57. The zero-order valence-corrected chi connectivity index (χ0v) is 17.2. The Balaban J connectivity index is 2.61. The lowest BCUT2D eigenvalue weighted by Gasteiger charge is -2.25. The number of rotatable bonds is 12. The van der Waals surface area contributed by atoms with Crippen LogP contribution in [0.15, 0.2) is 36.5 Å². The summed E-state index contributed by atoms with van der Waals surface area (Å²) in [7, 11) is -1.63. The molecule has 0 heterocycles. The van der Waals surface area contributed by atoms with Crippen molar-refractivity contribution >= 4 is 19.2 Å². The fourth-order valence-electron chi connectivity index (χ4n) is 3.04. The van der Waals surface area contributed by atoms with Crippen LogP contribution in [-0.4, -0.2) is 14.0 Å². The van der Waals surface area contributed by atoms with Crippen LogP contribution in [0.2, 0.25) is 12.1 Å². The Labute approximate surface area is 154 Å². The molecule has 139 valence electrons. The minimum absolute atomic E-state index is 0.323. The Kier molecular flexibility index (Phi) is 9.76. The van der Waals surface area contributed by atoms with E-state index in [4.69, 9.17) is 9.78 Å². The molecule has 25 heavy (non-hydrogen) atoms. The molecule has 0 fully saturated rings. The normalized spacial score (nSPS) is 12.6. The Morgan fingerprint density at radius 1 is 1.16 bits per heavy atom. The Morgan fingerprint density at radius 3 is 2.28 bits per heavy atom. The lowest BCUT2D eigenvalue weighted by atomic mass is 10.0. The maximum absolute atomic E-state index is 12.1. The van der Waals surface area contributed by atoms with Crippen LogP contribution in [0.25, 0.3) is 0 Å². The number of benzene rings is 1. The molecule has 0 bridgehead atoms. The third-order valence-electron chi connectivity index (χ3n) is 5.17. The van der Waals surface area contributed by atoms with Gasteiger partial charge in [0.2, 0.25) is 0 Å². The summed E-state index contributed by atoms with van der Waals surface area (Å²) in [5, 5.41) is 1.31. The fraction of sp³-hybridized carbons (Fsp3) is 0.524. The smallest absolute Gasteiger partial charge is 0.292 e. The molecule has 3 nitrogen and oxygen atoms in total. The third kappa shape index (κ3) is 6.12. The second kappa shape index (κ2) is 11.3. The monoisotopic (exact) mass is 361 g/mol. The first kappa shape index (κ1) is 21.6. The van der Waals surface area contributed by atoms with E-state index in [9.17, 15) is 4.79 Å². The summed E-state index contributed by atoms with van der Waals surface area (Å²) in [4.78, 5) is 22.1. The van der Waals surface area contributed by atoms with Gasteiger partial charge in [-0.1, -0.05) is 82.1 Å². The third-order valence-corrected chi connectivity index (χ3v) is 9.96. The molecule has 1 atom stereocenters. The van der Waals surface area contributed by atoms with E-state index in [0.29, 0.717) is 11.5 Å². The molecular weight excluding hydrogens is 328 g/mol. The van der Waals surface area contributed by atoms with Crippen molar-refractivity contribution in [2.75, 3.05) is 0 Å². The van der Waals surface area contributed by atoms with Crippen LogP contribution < -0.4 is 5.19 Å². The largest absolute Gasteiger partial charge is 0.373 e. The summed E-state index contributed by atoms with van der Waals surface area (Å²) >= 11 is 0. The van der Waals surface area contributed by atoms with E-state index in [2.05, 4.69) is 40.0 Å². The zero-order chi connectivity index (χ0) is 18.7. The minimum Gasteiger partial charge on any atom is -0.292 e. The maximum Gasteiger partial charge on any atom is 0.373 e. The van der Waals surface area contributed by atoms with Gasteiger partial charge >= 0.3 is 5.97 Å². The van der Waals surface area contributed by atoms with Gasteiger partial charge in [0.05, 0.1) is 5.56 Å². The molecule has 1 radical (unpaired) electrons. The summed E-state index contributed by atoms with van der Waals surface area (Å²) < 4.78 is 0. The van der Waals surface area contributed by atoms with Crippen molar-refractivity contribution in [2.24, 2.45) is 5.92 Å². The second-order valence-corrected chi connectivity index (χ2v) is 11.3. The van der Waals surface area contributed by atoms with E-state index in [-0.39, 0.29) is 0 Å². The van der Waals surface area contributed by atoms with E-state index in [1.807, 2.05) is 24.3 Å². The highest BCUT2D eigenvalue weighted by Crippen LogP contribution is 2.18. The maximum atomic E-state index is 12.1. The highest BCUT2D eigenvalue weighted by Gasteiger charge is 2.27. The van der Waals surface area contributed by atoms with Gasteiger partial charge in [0.1, 0.15) is 14.7 Å². The summed E-state index contributed by atoms with van der Waals surface area (Å²) in [5.41, 5.74) is 2.65. The Morgan fingerprint density at radius 2 is 1.80 bits per heavy atom. The van der Waals surface area contributed by atoms with E-state index in [1.165, 1.54) is 5.19 Å². The van der Waals surface area contributed by atoms with Crippen LogP contribution >= 0.6 is 0 Å². The van der Waals surface area contributed by atoms with E-state index < -0.39 is 14.0 Å². The van der Waals surface area contributed by atoms with Gasteiger partial charge in [-0.15, -0.1) is 6.58 Å². The van der Waals surface area contributed by atoms with Crippen molar-refractivity contribution in [2.45, 2.75) is 65.5 Å². The molecule has 1 rings (SSSR count). The lowest BCUT2D eigenvalue weighted by Crippen LogP contribution is -2.44. The van der Waals surface area contributed by atoms with E-state index in [1.54, 1.807) is 6.61 Å². The minimum atomic E-state index is -1.63. The molecule has 1 aromatic rings. The number of carbonyl (C=O) groups excluding carboxylic acids is 1. The average Bonchev–Trinajstić information content (AvgIpc) is 2.66. The topological polar surface area (TPSA) is 35.5 Å². The summed E-state index contributed by atoms with van der Waals surface area (Å²) in [6.07, 6.45) is 4.34. The highest BCUT2D eigenvalue weighted by atomic mass is 28.3. The number of hydrogen-bond donors (Lipinski definition) is 0. The molecule has 0 aliphatic rings. The van der Waals surface area contributed by atoms with Crippen molar-refractivity contribution in [3.8, 4) is 0 Å². The standard InChI is InChI=1S/C21H33O3Si/c1-6-11-12-18(7-2)17-23-24-21(22)19-13-15-20(16-14-19)25(8-3,9-4)10-5/h8,13-18H,3,6-7,9-12H2,1-2,4-5H3. The average molecular weight is 362 g/mol. The van der Waals surface area contributed by atoms with Gasteiger partial charge in [-0.25, -0.2) is 4.79 Å². The predicted molar refractivity (Wildman–Crippen MR) is 107 cm³/mol. The number of unbranched alkanes of at least 4 members (excludes halogenated alkanes) is 1. The first-order chi connectivity index (χ1) is 12.1.